The number of rotatable bonds is 5. The van der Waals surface area contributed by atoms with Crippen molar-refractivity contribution in [2.75, 3.05) is 6.61 Å². The summed E-state index contributed by atoms with van der Waals surface area (Å²) in [6, 6.07) is 4.69. The molecule has 0 unspecified atom stereocenters. The summed E-state index contributed by atoms with van der Waals surface area (Å²) in [6.07, 6.45) is 7.79. The van der Waals surface area contributed by atoms with Crippen molar-refractivity contribution in [1.29, 1.82) is 0 Å². The minimum absolute atomic E-state index is 0.277. The van der Waals surface area contributed by atoms with Crippen molar-refractivity contribution in [2.24, 2.45) is 5.92 Å². The number of halogens is 2. The van der Waals surface area contributed by atoms with Crippen LogP contribution in [0.4, 0.5) is 4.39 Å². The molecule has 1 saturated carbocycles. The maximum atomic E-state index is 13.3. The molecule has 1 fully saturated rings. The van der Waals surface area contributed by atoms with Crippen LogP contribution in [0.25, 0.3) is 0 Å². The van der Waals surface area contributed by atoms with Gasteiger partial charge in [0.05, 0.1) is 6.61 Å². The Hall–Kier alpha value is -0.760. The molecule has 1 aliphatic rings. The lowest BCUT2D eigenvalue weighted by atomic mass is 9.87. The van der Waals surface area contributed by atoms with Crippen molar-refractivity contribution in [3.63, 3.8) is 0 Å². The summed E-state index contributed by atoms with van der Waals surface area (Å²) >= 11 is 5.70. The predicted octanol–water partition coefficient (Wildman–Crippen LogP) is 4.91. The number of hydrogen-bond acceptors (Lipinski definition) is 1. The number of ether oxygens (including phenoxy) is 1. The van der Waals surface area contributed by atoms with Gasteiger partial charge >= 0.3 is 0 Å². The molecule has 0 aliphatic heterocycles. The minimum Gasteiger partial charge on any atom is -0.493 e. The second kappa shape index (κ2) is 6.98. The van der Waals surface area contributed by atoms with Gasteiger partial charge in [0.15, 0.2) is 0 Å². The number of alkyl halides is 1. The zero-order valence-electron chi connectivity index (χ0n) is 10.6. The van der Waals surface area contributed by atoms with Crippen molar-refractivity contribution >= 4 is 11.6 Å². The molecule has 0 atom stereocenters. The zero-order valence-corrected chi connectivity index (χ0v) is 11.4. The molecular weight excluding hydrogens is 251 g/mol. The van der Waals surface area contributed by atoms with Crippen LogP contribution in [0.3, 0.4) is 0 Å². The summed E-state index contributed by atoms with van der Waals surface area (Å²) in [4.78, 5) is 0. The SMILES string of the molecule is Fc1cc(CCl)cc(OCCC2CCCCC2)c1. The van der Waals surface area contributed by atoms with E-state index in [0.29, 0.717) is 18.2 Å². The fourth-order valence-electron chi connectivity index (χ4n) is 2.60. The molecule has 0 bridgehead atoms. The summed E-state index contributed by atoms with van der Waals surface area (Å²) in [5, 5.41) is 0. The quantitative estimate of drug-likeness (QED) is 0.691. The van der Waals surface area contributed by atoms with E-state index in [2.05, 4.69) is 0 Å². The molecule has 0 N–H and O–H groups in total. The summed E-state index contributed by atoms with van der Waals surface area (Å²) in [6.45, 7) is 0.676. The van der Waals surface area contributed by atoms with Crippen LogP contribution < -0.4 is 4.74 Å². The Balaban J connectivity index is 1.80. The van der Waals surface area contributed by atoms with Crippen molar-refractivity contribution in [2.45, 2.75) is 44.4 Å². The van der Waals surface area contributed by atoms with Gasteiger partial charge in [-0.3, -0.25) is 0 Å². The van der Waals surface area contributed by atoms with Crippen LogP contribution in [0.2, 0.25) is 0 Å². The molecule has 0 aromatic heterocycles. The Kier molecular flexibility index (Phi) is 5.30. The van der Waals surface area contributed by atoms with Gasteiger partial charge in [0.1, 0.15) is 11.6 Å². The van der Waals surface area contributed by atoms with Gasteiger partial charge in [-0.25, -0.2) is 4.39 Å². The van der Waals surface area contributed by atoms with Gasteiger partial charge in [-0.15, -0.1) is 11.6 Å². The van der Waals surface area contributed by atoms with Gasteiger partial charge in [-0.1, -0.05) is 32.1 Å². The molecule has 2 rings (SSSR count). The second-order valence-corrected chi connectivity index (χ2v) is 5.34. The average Bonchev–Trinajstić information content (AvgIpc) is 2.39. The molecule has 100 valence electrons. The first-order chi connectivity index (χ1) is 8.78. The van der Waals surface area contributed by atoms with Crippen molar-refractivity contribution in [1.82, 2.24) is 0 Å². The van der Waals surface area contributed by atoms with E-state index in [9.17, 15) is 4.39 Å². The van der Waals surface area contributed by atoms with E-state index in [1.54, 1.807) is 0 Å². The van der Waals surface area contributed by atoms with Crippen molar-refractivity contribution in [3.8, 4) is 5.75 Å². The molecular formula is C15H20ClFO. The molecule has 1 aromatic carbocycles. The predicted molar refractivity (Wildman–Crippen MR) is 72.6 cm³/mol. The highest BCUT2D eigenvalue weighted by atomic mass is 35.5. The first-order valence-corrected chi connectivity index (χ1v) is 7.29. The molecule has 1 nitrogen and oxygen atoms in total. The third kappa shape index (κ3) is 4.16. The van der Waals surface area contributed by atoms with E-state index in [-0.39, 0.29) is 5.82 Å². The Morgan fingerprint density at radius 3 is 2.67 bits per heavy atom. The molecule has 1 aliphatic carbocycles. The van der Waals surface area contributed by atoms with Crippen LogP contribution in [-0.2, 0) is 5.88 Å². The van der Waals surface area contributed by atoms with Crippen molar-refractivity contribution in [3.05, 3.63) is 29.6 Å². The lowest BCUT2D eigenvalue weighted by Gasteiger charge is -2.21. The van der Waals surface area contributed by atoms with Crippen LogP contribution >= 0.6 is 11.6 Å². The minimum atomic E-state index is -0.277. The fourth-order valence-corrected chi connectivity index (χ4v) is 2.75. The van der Waals surface area contributed by atoms with Crippen LogP contribution in [0, 0.1) is 11.7 Å². The monoisotopic (exact) mass is 270 g/mol. The van der Waals surface area contributed by atoms with Gasteiger partial charge in [-0.2, -0.15) is 0 Å². The van der Waals surface area contributed by atoms with Gasteiger partial charge in [-0.05, 0) is 30.0 Å². The Morgan fingerprint density at radius 1 is 1.17 bits per heavy atom. The smallest absolute Gasteiger partial charge is 0.127 e. The third-order valence-electron chi connectivity index (χ3n) is 3.60. The van der Waals surface area contributed by atoms with Gasteiger partial charge in [0, 0.05) is 11.9 Å². The molecule has 0 spiro atoms. The highest BCUT2D eigenvalue weighted by Crippen LogP contribution is 2.26. The standard InChI is InChI=1S/C15H20ClFO/c16-11-13-8-14(17)10-15(9-13)18-7-6-12-4-2-1-3-5-12/h8-10,12H,1-7,11H2. The molecule has 18 heavy (non-hydrogen) atoms. The molecule has 0 radical (unpaired) electrons. The van der Waals surface area contributed by atoms with Gasteiger partial charge in [0.25, 0.3) is 0 Å². The normalized spacial score (nSPS) is 16.8. The van der Waals surface area contributed by atoms with E-state index in [0.717, 1.165) is 17.9 Å². The second-order valence-electron chi connectivity index (χ2n) is 5.07. The highest BCUT2D eigenvalue weighted by Gasteiger charge is 2.13. The summed E-state index contributed by atoms with van der Waals surface area (Å²) in [5.74, 6) is 1.43. The molecule has 3 heteroatoms. The fraction of sp³-hybridized carbons (Fsp3) is 0.600. The van der Waals surface area contributed by atoms with E-state index >= 15 is 0 Å². The molecule has 1 aromatic rings. The van der Waals surface area contributed by atoms with E-state index in [1.165, 1.54) is 44.2 Å². The maximum absolute atomic E-state index is 13.3. The summed E-state index contributed by atoms with van der Waals surface area (Å²) < 4.78 is 18.9. The first-order valence-electron chi connectivity index (χ1n) is 6.76. The van der Waals surface area contributed by atoms with Crippen molar-refractivity contribution < 1.29 is 9.13 Å². The van der Waals surface area contributed by atoms with Crippen LogP contribution in [0.1, 0.15) is 44.1 Å². The third-order valence-corrected chi connectivity index (χ3v) is 3.91. The van der Waals surface area contributed by atoms with E-state index in [1.807, 2.05) is 6.07 Å². The number of hydrogen-bond donors (Lipinski definition) is 0. The van der Waals surface area contributed by atoms with Gasteiger partial charge < -0.3 is 4.74 Å². The average molecular weight is 271 g/mol. The van der Waals surface area contributed by atoms with Gasteiger partial charge in [0.2, 0.25) is 0 Å². The maximum Gasteiger partial charge on any atom is 0.127 e. The van der Waals surface area contributed by atoms with Crippen LogP contribution in [0.15, 0.2) is 18.2 Å². The summed E-state index contributed by atoms with van der Waals surface area (Å²) in [5.41, 5.74) is 0.768. The first kappa shape index (κ1) is 13.7. The van der Waals surface area contributed by atoms with E-state index in [4.69, 9.17) is 16.3 Å². The zero-order chi connectivity index (χ0) is 12.8. The highest BCUT2D eigenvalue weighted by molar-refractivity contribution is 6.17. The largest absolute Gasteiger partial charge is 0.493 e. The Labute approximate surface area is 113 Å². The van der Waals surface area contributed by atoms with E-state index < -0.39 is 0 Å². The lowest BCUT2D eigenvalue weighted by Crippen LogP contribution is -2.10. The number of benzene rings is 1. The van der Waals surface area contributed by atoms with Crippen LogP contribution in [0.5, 0.6) is 5.75 Å². The molecule has 0 amide bonds. The van der Waals surface area contributed by atoms with Crippen LogP contribution in [-0.4, -0.2) is 6.61 Å². The molecule has 0 saturated heterocycles. The summed E-state index contributed by atoms with van der Waals surface area (Å²) in [7, 11) is 0. The topological polar surface area (TPSA) is 9.23 Å². The Bertz CT molecular complexity index is 375. The lowest BCUT2D eigenvalue weighted by molar-refractivity contribution is 0.245. The molecule has 0 heterocycles. The Morgan fingerprint density at radius 2 is 1.94 bits per heavy atom.